The number of anilines is 1. The van der Waals surface area contributed by atoms with Gasteiger partial charge in [-0.05, 0) is 18.9 Å². The summed E-state index contributed by atoms with van der Waals surface area (Å²) in [5.41, 5.74) is 4.07. The van der Waals surface area contributed by atoms with E-state index in [4.69, 9.17) is 14.2 Å². The van der Waals surface area contributed by atoms with Crippen LogP contribution in [0.25, 0.3) is 10.9 Å². The number of carbonyl (C=O) groups excluding carboxylic acids is 1. The third kappa shape index (κ3) is 3.60. The molecular formula is C19H25N5O4. The molecule has 0 aliphatic carbocycles. The van der Waals surface area contributed by atoms with Gasteiger partial charge >= 0.3 is 0 Å². The van der Waals surface area contributed by atoms with E-state index in [0.29, 0.717) is 37.0 Å². The molecule has 2 saturated heterocycles. The number of ketones is 1. The molecule has 150 valence electrons. The van der Waals surface area contributed by atoms with E-state index in [1.54, 1.807) is 14.2 Å². The van der Waals surface area contributed by atoms with Crippen LogP contribution in [0, 0.1) is 0 Å². The molecule has 1 aromatic heterocycles. The number of piperazine rings is 1. The number of nitrogens with one attached hydrogen (secondary N) is 2. The first-order valence-electron chi connectivity index (χ1n) is 9.47. The molecule has 4 rings (SSSR count). The first kappa shape index (κ1) is 18.9. The molecule has 0 saturated carbocycles. The number of carbonyl (C=O) groups is 1. The van der Waals surface area contributed by atoms with Crippen LogP contribution >= 0.6 is 0 Å². The lowest BCUT2D eigenvalue weighted by atomic mass is 10.0. The van der Waals surface area contributed by atoms with Gasteiger partial charge in [-0.15, -0.1) is 0 Å². The Morgan fingerprint density at radius 2 is 2.11 bits per heavy atom. The van der Waals surface area contributed by atoms with Crippen molar-refractivity contribution >= 4 is 22.5 Å². The van der Waals surface area contributed by atoms with Gasteiger partial charge in [0.05, 0.1) is 19.7 Å². The van der Waals surface area contributed by atoms with Crippen LogP contribution in [-0.2, 0) is 9.53 Å². The number of nitrogens with zero attached hydrogens (tertiary/aromatic N) is 3. The minimum absolute atomic E-state index is 0.106. The molecule has 2 aliphatic heterocycles. The van der Waals surface area contributed by atoms with Gasteiger partial charge in [-0.1, -0.05) is 0 Å². The molecule has 0 spiro atoms. The summed E-state index contributed by atoms with van der Waals surface area (Å²) in [6.45, 7) is 2.68. The Morgan fingerprint density at radius 3 is 2.86 bits per heavy atom. The van der Waals surface area contributed by atoms with Gasteiger partial charge in [-0.3, -0.25) is 4.79 Å². The molecule has 1 aromatic carbocycles. The van der Waals surface area contributed by atoms with Crippen molar-refractivity contribution in [1.29, 1.82) is 0 Å². The maximum absolute atomic E-state index is 12.9. The maximum Gasteiger partial charge on any atom is 0.181 e. The Hall–Kier alpha value is -2.49. The number of hydrazine groups is 1. The lowest BCUT2D eigenvalue weighted by Gasteiger charge is -2.36. The molecule has 2 fully saturated rings. The molecular weight excluding hydrogens is 362 g/mol. The van der Waals surface area contributed by atoms with E-state index in [2.05, 4.69) is 20.7 Å². The maximum atomic E-state index is 12.9. The highest BCUT2D eigenvalue weighted by Gasteiger charge is 2.35. The normalized spacial score (nSPS) is 22.9. The average Bonchev–Trinajstić information content (AvgIpc) is 3.28. The van der Waals surface area contributed by atoms with Crippen LogP contribution in [0.5, 0.6) is 11.5 Å². The Labute approximate surface area is 163 Å². The third-order valence-corrected chi connectivity index (χ3v) is 5.21. The average molecular weight is 387 g/mol. The first-order valence-corrected chi connectivity index (χ1v) is 9.47. The molecule has 2 aliphatic rings. The van der Waals surface area contributed by atoms with Crippen molar-refractivity contribution in [3.8, 4) is 11.5 Å². The number of aromatic nitrogens is 2. The van der Waals surface area contributed by atoms with E-state index < -0.39 is 0 Å². The van der Waals surface area contributed by atoms with Crippen LogP contribution in [-0.4, -0.2) is 73.4 Å². The largest absolute Gasteiger partial charge is 0.493 e. The molecule has 9 nitrogen and oxygen atoms in total. The van der Waals surface area contributed by atoms with Gasteiger partial charge in [0.1, 0.15) is 18.5 Å². The van der Waals surface area contributed by atoms with E-state index in [1.165, 1.54) is 6.33 Å². The van der Waals surface area contributed by atoms with Gasteiger partial charge < -0.3 is 25.0 Å². The summed E-state index contributed by atoms with van der Waals surface area (Å²) in [6.07, 6.45) is 2.90. The number of hydrogen-bond donors (Lipinski definition) is 2. The summed E-state index contributed by atoms with van der Waals surface area (Å²) in [5, 5.41) is 6.04. The minimum Gasteiger partial charge on any atom is -0.493 e. The number of ether oxygens (including phenoxy) is 3. The van der Waals surface area contributed by atoms with Crippen LogP contribution in [0.1, 0.15) is 12.8 Å². The van der Waals surface area contributed by atoms with Crippen molar-refractivity contribution in [3.63, 3.8) is 0 Å². The minimum atomic E-state index is -0.319. The standard InChI is InChI=1S/C19H25N5O4/c1-26-16-8-12-13(9-17(16)27-2)21-11-22-19(12)23-24-6-5-20-10-14(24)18(25)15-4-3-7-28-15/h8-9,11,14-15,20H,3-7,10H2,1-2H3,(H,21,22,23). The summed E-state index contributed by atoms with van der Waals surface area (Å²) in [6, 6.07) is 3.34. The van der Waals surface area contributed by atoms with Crippen LogP contribution in [0.2, 0.25) is 0 Å². The van der Waals surface area contributed by atoms with Gasteiger partial charge in [0, 0.05) is 37.7 Å². The monoisotopic (exact) mass is 387 g/mol. The van der Waals surface area contributed by atoms with Crippen molar-refractivity contribution in [2.24, 2.45) is 0 Å². The Balaban J connectivity index is 1.62. The van der Waals surface area contributed by atoms with Crippen LogP contribution in [0.3, 0.4) is 0 Å². The number of methoxy groups -OCH3 is 2. The number of rotatable bonds is 6. The molecule has 2 aromatic rings. The van der Waals surface area contributed by atoms with Crippen molar-refractivity contribution in [1.82, 2.24) is 20.3 Å². The number of benzene rings is 1. The van der Waals surface area contributed by atoms with E-state index in [0.717, 1.165) is 30.3 Å². The summed E-state index contributed by atoms with van der Waals surface area (Å²) >= 11 is 0. The predicted molar refractivity (Wildman–Crippen MR) is 104 cm³/mol. The van der Waals surface area contributed by atoms with Gasteiger partial charge in [-0.25, -0.2) is 15.0 Å². The molecule has 2 N–H and O–H groups in total. The zero-order valence-electron chi connectivity index (χ0n) is 16.1. The van der Waals surface area contributed by atoms with Crippen LogP contribution in [0.4, 0.5) is 5.82 Å². The molecule has 0 amide bonds. The van der Waals surface area contributed by atoms with Crippen molar-refractivity contribution in [3.05, 3.63) is 18.5 Å². The number of Topliss-reactive ketones (excluding diaryl/α,β-unsaturated/α-hetero) is 1. The van der Waals surface area contributed by atoms with Gasteiger partial charge in [0.2, 0.25) is 0 Å². The lowest BCUT2D eigenvalue weighted by molar-refractivity contribution is -0.133. The second-order valence-corrected chi connectivity index (χ2v) is 6.88. The van der Waals surface area contributed by atoms with Crippen molar-refractivity contribution in [2.45, 2.75) is 25.0 Å². The molecule has 0 radical (unpaired) electrons. The first-order chi connectivity index (χ1) is 13.7. The van der Waals surface area contributed by atoms with E-state index >= 15 is 0 Å². The highest BCUT2D eigenvalue weighted by atomic mass is 16.5. The highest BCUT2D eigenvalue weighted by molar-refractivity contribution is 5.92. The fraction of sp³-hybridized carbons (Fsp3) is 0.526. The Kier molecular flexibility index (Phi) is 5.56. The van der Waals surface area contributed by atoms with Crippen LogP contribution < -0.4 is 20.2 Å². The zero-order chi connectivity index (χ0) is 19.5. The lowest BCUT2D eigenvalue weighted by Crippen LogP contribution is -2.59. The molecule has 3 heterocycles. The molecule has 0 bridgehead atoms. The topological polar surface area (TPSA) is 97.8 Å². The predicted octanol–water partition coefficient (Wildman–Crippen LogP) is 0.996. The number of hydrogen-bond acceptors (Lipinski definition) is 9. The molecule has 2 unspecified atom stereocenters. The van der Waals surface area contributed by atoms with E-state index in [-0.39, 0.29) is 17.9 Å². The summed E-state index contributed by atoms with van der Waals surface area (Å²) in [5.74, 6) is 1.93. The molecule has 28 heavy (non-hydrogen) atoms. The summed E-state index contributed by atoms with van der Waals surface area (Å²) < 4.78 is 16.4. The third-order valence-electron chi connectivity index (χ3n) is 5.21. The van der Waals surface area contributed by atoms with E-state index in [1.807, 2.05) is 17.1 Å². The second-order valence-electron chi connectivity index (χ2n) is 6.88. The van der Waals surface area contributed by atoms with Gasteiger partial charge in [0.25, 0.3) is 0 Å². The smallest absolute Gasteiger partial charge is 0.181 e. The summed E-state index contributed by atoms with van der Waals surface area (Å²) in [7, 11) is 3.18. The number of fused-ring (bicyclic) bond motifs is 1. The Morgan fingerprint density at radius 1 is 1.29 bits per heavy atom. The molecule has 2 atom stereocenters. The van der Waals surface area contributed by atoms with Gasteiger partial charge in [-0.2, -0.15) is 0 Å². The van der Waals surface area contributed by atoms with Crippen molar-refractivity contribution < 1.29 is 19.0 Å². The quantitative estimate of drug-likeness (QED) is 0.752. The second kappa shape index (κ2) is 8.26. The van der Waals surface area contributed by atoms with E-state index in [9.17, 15) is 4.79 Å². The van der Waals surface area contributed by atoms with Crippen LogP contribution in [0.15, 0.2) is 18.5 Å². The zero-order valence-corrected chi connectivity index (χ0v) is 16.1. The highest BCUT2D eigenvalue weighted by Crippen LogP contribution is 2.33. The van der Waals surface area contributed by atoms with Gasteiger partial charge in [0.15, 0.2) is 23.1 Å². The van der Waals surface area contributed by atoms with Crippen molar-refractivity contribution in [2.75, 3.05) is 45.9 Å². The fourth-order valence-electron chi connectivity index (χ4n) is 3.72. The molecule has 9 heteroatoms. The summed E-state index contributed by atoms with van der Waals surface area (Å²) in [4.78, 5) is 21.7. The SMILES string of the molecule is COc1cc2ncnc(NN3CCNCC3C(=O)C3CCCO3)c2cc1OC. The Bertz CT molecular complexity index is 856. The fourth-order valence-corrected chi connectivity index (χ4v) is 3.72.